The fourth-order valence-corrected chi connectivity index (χ4v) is 0.857. The number of carboxylic acid groups (broad SMARTS) is 1. The van der Waals surface area contributed by atoms with Crippen LogP contribution in [-0.4, -0.2) is 5.97 Å². The van der Waals surface area contributed by atoms with Crippen LogP contribution in [0.15, 0.2) is 12.2 Å². The number of hydrogen-bond donors (Lipinski definition) is 0. The van der Waals surface area contributed by atoms with Gasteiger partial charge in [0, 0.05) is 11.9 Å². The second kappa shape index (κ2) is 8.90. The molecular weight excluding hydrogens is 147 g/mol. The fraction of sp³-hybridized carbons (Fsp3) is 0.667. The van der Waals surface area contributed by atoms with Crippen molar-refractivity contribution in [2.75, 3.05) is 0 Å². The number of carbonyl (C=O) groups excluding carboxylic acids is 1. The van der Waals surface area contributed by atoms with Gasteiger partial charge in [0.05, 0.1) is 0 Å². The Kier molecular flexibility index (Phi) is 10.6. The van der Waals surface area contributed by atoms with Crippen LogP contribution in [0.2, 0.25) is 0 Å². The van der Waals surface area contributed by atoms with Gasteiger partial charge in [-0.25, -0.2) is 0 Å². The van der Waals surface area contributed by atoms with E-state index in [0.717, 1.165) is 6.42 Å². The molecule has 0 aromatic heterocycles. The average Bonchev–Trinajstić information content (AvgIpc) is 1.97. The van der Waals surface area contributed by atoms with Gasteiger partial charge in [0.15, 0.2) is 0 Å². The molecule has 0 rings (SSSR count). The predicted octanol–water partition coefficient (Wildman–Crippen LogP) is -1.88. The first-order valence-electron chi connectivity index (χ1n) is 4.08. The van der Waals surface area contributed by atoms with Gasteiger partial charge in [-0.2, -0.15) is 0 Å². The Labute approximate surface area is 86.2 Å². The van der Waals surface area contributed by atoms with Crippen molar-refractivity contribution >= 4 is 5.97 Å². The number of hydrogen-bond acceptors (Lipinski definition) is 2. The second-order valence-electron chi connectivity index (χ2n) is 2.54. The zero-order valence-corrected chi connectivity index (χ0v) is 8.17. The summed E-state index contributed by atoms with van der Waals surface area (Å²) in [6.45, 7) is 3.89. The van der Waals surface area contributed by atoms with Gasteiger partial charge in [-0.15, -0.1) is 0 Å². The number of allylic oxidation sites excluding steroid dienone is 2. The Morgan fingerprint density at radius 3 is 2.33 bits per heavy atom. The number of aliphatic carboxylic acids is 1. The maximum absolute atomic E-state index is 10.4. The average molecular weight is 162 g/mol. The molecule has 0 heterocycles. The number of carboxylic acids is 1. The maximum Gasteiger partial charge on any atom is 1.00 e. The normalized spacial score (nSPS) is 12.5. The molecule has 1 atom stereocenters. The minimum Gasteiger partial charge on any atom is -0.550 e. The van der Waals surface area contributed by atoms with Crippen molar-refractivity contribution in [3.63, 3.8) is 0 Å². The van der Waals surface area contributed by atoms with E-state index in [9.17, 15) is 9.90 Å². The van der Waals surface area contributed by atoms with Gasteiger partial charge < -0.3 is 9.90 Å². The molecule has 0 aliphatic carbocycles. The fourth-order valence-electron chi connectivity index (χ4n) is 0.857. The Balaban J connectivity index is 0. The molecular formula is C9H15LiO2. The van der Waals surface area contributed by atoms with Crippen molar-refractivity contribution in [2.24, 2.45) is 5.92 Å². The zero-order valence-electron chi connectivity index (χ0n) is 8.17. The monoisotopic (exact) mass is 162 g/mol. The van der Waals surface area contributed by atoms with Gasteiger partial charge in [0.1, 0.15) is 0 Å². The van der Waals surface area contributed by atoms with Crippen molar-refractivity contribution in [3.8, 4) is 0 Å². The summed E-state index contributed by atoms with van der Waals surface area (Å²) in [5.74, 6) is -1.24. The first kappa shape index (κ1) is 14.3. The maximum atomic E-state index is 10.4. The van der Waals surface area contributed by atoms with E-state index in [1.807, 2.05) is 26.0 Å². The molecule has 0 spiro atoms. The van der Waals surface area contributed by atoms with Crippen molar-refractivity contribution in [1.82, 2.24) is 0 Å². The van der Waals surface area contributed by atoms with E-state index in [0.29, 0.717) is 12.8 Å². The molecule has 0 bridgehead atoms. The molecule has 64 valence electrons. The summed E-state index contributed by atoms with van der Waals surface area (Å²) in [5, 5.41) is 10.4. The molecule has 0 amide bonds. The summed E-state index contributed by atoms with van der Waals surface area (Å²) in [5.41, 5.74) is 0. The van der Waals surface area contributed by atoms with Crippen LogP contribution in [0, 0.1) is 5.92 Å². The van der Waals surface area contributed by atoms with Crippen LogP contribution < -0.4 is 24.0 Å². The molecule has 0 aliphatic rings. The van der Waals surface area contributed by atoms with E-state index >= 15 is 0 Å². The van der Waals surface area contributed by atoms with Gasteiger partial charge in [-0.05, 0) is 19.3 Å². The van der Waals surface area contributed by atoms with Crippen molar-refractivity contribution in [1.29, 1.82) is 0 Å². The minimum absolute atomic E-state index is 0. The van der Waals surface area contributed by atoms with Crippen molar-refractivity contribution in [3.05, 3.63) is 12.2 Å². The van der Waals surface area contributed by atoms with E-state index in [-0.39, 0.29) is 24.8 Å². The Morgan fingerprint density at radius 2 is 2.00 bits per heavy atom. The van der Waals surface area contributed by atoms with Crippen molar-refractivity contribution in [2.45, 2.75) is 33.1 Å². The second-order valence-corrected chi connectivity index (χ2v) is 2.54. The van der Waals surface area contributed by atoms with E-state index < -0.39 is 5.97 Å². The molecule has 2 nitrogen and oxygen atoms in total. The van der Waals surface area contributed by atoms with Crippen molar-refractivity contribution < 1.29 is 28.8 Å². The minimum atomic E-state index is -0.937. The van der Waals surface area contributed by atoms with E-state index in [2.05, 4.69) is 0 Å². The molecule has 0 fully saturated rings. The van der Waals surface area contributed by atoms with Crippen LogP contribution >= 0.6 is 0 Å². The van der Waals surface area contributed by atoms with Gasteiger partial charge in [0.25, 0.3) is 0 Å². The third kappa shape index (κ3) is 6.51. The number of carbonyl (C=O) groups is 1. The zero-order chi connectivity index (χ0) is 8.69. The van der Waals surface area contributed by atoms with Gasteiger partial charge >= 0.3 is 18.9 Å². The molecule has 0 aromatic carbocycles. The Morgan fingerprint density at radius 1 is 1.42 bits per heavy atom. The Bertz CT molecular complexity index is 143. The van der Waals surface area contributed by atoms with Gasteiger partial charge in [-0.3, -0.25) is 0 Å². The third-order valence-corrected chi connectivity index (χ3v) is 1.65. The van der Waals surface area contributed by atoms with Crippen LogP contribution in [0.1, 0.15) is 33.1 Å². The smallest absolute Gasteiger partial charge is 0.550 e. The van der Waals surface area contributed by atoms with E-state index in [4.69, 9.17) is 0 Å². The van der Waals surface area contributed by atoms with Gasteiger partial charge in [-0.1, -0.05) is 26.0 Å². The SMILES string of the molecule is CCC=CCC(CC)C(=O)[O-].[Li+]. The summed E-state index contributed by atoms with van der Waals surface area (Å²) in [6.07, 6.45) is 6.10. The molecule has 12 heavy (non-hydrogen) atoms. The molecule has 0 saturated heterocycles. The standard InChI is InChI=1S/C9H16O2.Li/c1-3-5-6-7-8(4-2)9(10)11;/h5-6,8H,3-4,7H2,1-2H3,(H,10,11);/q;+1/p-1. The largest absolute Gasteiger partial charge is 1.00 e. The number of rotatable bonds is 5. The van der Waals surface area contributed by atoms with E-state index in [1.54, 1.807) is 0 Å². The Hall–Kier alpha value is -0.193. The summed E-state index contributed by atoms with van der Waals surface area (Å²) in [4.78, 5) is 10.4. The summed E-state index contributed by atoms with van der Waals surface area (Å²) < 4.78 is 0. The summed E-state index contributed by atoms with van der Waals surface area (Å²) in [6, 6.07) is 0. The van der Waals surface area contributed by atoms with Crippen LogP contribution in [0.3, 0.4) is 0 Å². The molecule has 1 unspecified atom stereocenters. The van der Waals surface area contributed by atoms with E-state index in [1.165, 1.54) is 0 Å². The quantitative estimate of drug-likeness (QED) is 0.351. The van der Waals surface area contributed by atoms with Crippen LogP contribution in [0.5, 0.6) is 0 Å². The summed E-state index contributed by atoms with van der Waals surface area (Å²) >= 11 is 0. The topological polar surface area (TPSA) is 40.1 Å². The molecule has 3 heteroatoms. The van der Waals surface area contributed by atoms with Crippen LogP contribution in [-0.2, 0) is 4.79 Å². The molecule has 0 aliphatic heterocycles. The molecule has 0 radical (unpaired) electrons. The molecule has 0 N–H and O–H groups in total. The summed E-state index contributed by atoms with van der Waals surface area (Å²) in [7, 11) is 0. The van der Waals surface area contributed by atoms with Gasteiger partial charge in [0.2, 0.25) is 0 Å². The van der Waals surface area contributed by atoms with Crippen LogP contribution in [0.25, 0.3) is 0 Å². The molecule has 0 saturated carbocycles. The van der Waals surface area contributed by atoms with Crippen LogP contribution in [0.4, 0.5) is 0 Å². The first-order valence-corrected chi connectivity index (χ1v) is 4.08. The molecule has 0 aromatic rings. The third-order valence-electron chi connectivity index (χ3n) is 1.65. The first-order chi connectivity index (χ1) is 5.22. The predicted molar refractivity (Wildman–Crippen MR) is 42.8 cm³/mol.